The molecule has 0 aliphatic heterocycles. The fourth-order valence-electron chi connectivity index (χ4n) is 2.43. The maximum Gasteiger partial charge on any atom is 0.289 e. The molecule has 1 aromatic carbocycles. The van der Waals surface area contributed by atoms with Gasteiger partial charge in [0.25, 0.3) is 5.92 Å². The Hall–Kier alpha value is -2.21. The molecule has 2 N–H and O–H groups in total. The molecule has 114 valence electrons. The van der Waals surface area contributed by atoms with E-state index in [9.17, 15) is 8.78 Å². The highest BCUT2D eigenvalue weighted by molar-refractivity contribution is 6.33. The number of alkyl halides is 2. The Balaban J connectivity index is 2.27. The van der Waals surface area contributed by atoms with Crippen molar-refractivity contribution >= 4 is 28.3 Å². The van der Waals surface area contributed by atoms with Crippen molar-refractivity contribution in [1.82, 2.24) is 14.8 Å². The topological polar surface area (TPSA) is 56.7 Å². The van der Waals surface area contributed by atoms with Gasteiger partial charge in [0, 0.05) is 31.1 Å². The smallest absolute Gasteiger partial charge is 0.289 e. The molecule has 0 aliphatic rings. The molecule has 0 amide bonds. The van der Waals surface area contributed by atoms with Gasteiger partial charge in [-0.1, -0.05) is 17.7 Å². The highest BCUT2D eigenvalue weighted by Crippen LogP contribution is 2.36. The summed E-state index contributed by atoms with van der Waals surface area (Å²) in [6, 6.07) is 6.79. The fraction of sp³-hybridized carbons (Fsp3) is 0.200. The lowest BCUT2D eigenvalue weighted by atomic mass is 10.0. The first kappa shape index (κ1) is 14.7. The van der Waals surface area contributed by atoms with Crippen molar-refractivity contribution in [3.8, 4) is 11.1 Å². The van der Waals surface area contributed by atoms with E-state index in [-0.39, 0.29) is 5.69 Å². The molecule has 0 bridgehead atoms. The van der Waals surface area contributed by atoms with Gasteiger partial charge in [0.05, 0.1) is 10.5 Å². The van der Waals surface area contributed by atoms with Crippen LogP contribution in [0.2, 0.25) is 5.02 Å². The summed E-state index contributed by atoms with van der Waals surface area (Å²) in [5.41, 5.74) is 7.37. The molecule has 0 saturated carbocycles. The minimum Gasteiger partial charge on any atom is -0.384 e. The summed E-state index contributed by atoms with van der Waals surface area (Å²) in [6.45, 7) is 0.832. The number of benzene rings is 1. The maximum absolute atomic E-state index is 13.7. The van der Waals surface area contributed by atoms with E-state index >= 15 is 0 Å². The summed E-state index contributed by atoms with van der Waals surface area (Å²) < 4.78 is 28.9. The lowest BCUT2D eigenvalue weighted by molar-refractivity contribution is 0.0137. The first-order valence-corrected chi connectivity index (χ1v) is 6.91. The van der Waals surface area contributed by atoms with Crippen molar-refractivity contribution < 1.29 is 8.78 Å². The number of fused-ring (bicyclic) bond motifs is 1. The van der Waals surface area contributed by atoms with Gasteiger partial charge in [0.2, 0.25) is 0 Å². The van der Waals surface area contributed by atoms with Crippen LogP contribution >= 0.6 is 11.6 Å². The second-order valence-electron chi connectivity index (χ2n) is 5.18. The summed E-state index contributed by atoms with van der Waals surface area (Å²) in [5, 5.41) is 4.73. The van der Waals surface area contributed by atoms with E-state index in [4.69, 9.17) is 17.3 Å². The van der Waals surface area contributed by atoms with Crippen LogP contribution in [0.15, 0.2) is 30.5 Å². The molecule has 4 nitrogen and oxygen atoms in total. The van der Waals surface area contributed by atoms with Crippen LogP contribution in [0.1, 0.15) is 12.6 Å². The average molecular weight is 323 g/mol. The molecule has 22 heavy (non-hydrogen) atoms. The zero-order chi connectivity index (χ0) is 16.1. The quantitative estimate of drug-likeness (QED) is 0.776. The molecule has 0 radical (unpaired) electrons. The lowest BCUT2D eigenvalue weighted by Gasteiger charge is -2.08. The van der Waals surface area contributed by atoms with Gasteiger partial charge in [-0.2, -0.15) is 13.9 Å². The largest absolute Gasteiger partial charge is 0.384 e. The number of anilines is 1. The molecule has 0 unspecified atom stereocenters. The maximum atomic E-state index is 13.7. The van der Waals surface area contributed by atoms with Crippen LogP contribution in [0.5, 0.6) is 0 Å². The summed E-state index contributed by atoms with van der Waals surface area (Å²) in [6.07, 6.45) is 1.44. The van der Waals surface area contributed by atoms with Gasteiger partial charge in [-0.3, -0.25) is 4.68 Å². The number of nitrogen functional groups attached to an aromatic ring is 1. The zero-order valence-electron chi connectivity index (χ0n) is 11.9. The first-order valence-electron chi connectivity index (χ1n) is 6.54. The third-order valence-electron chi connectivity index (χ3n) is 3.45. The normalized spacial score (nSPS) is 12.0. The van der Waals surface area contributed by atoms with Crippen LogP contribution < -0.4 is 5.73 Å². The molecular formula is C15H13ClF2N4. The number of nitrogens with two attached hydrogens (primary N) is 1. The van der Waals surface area contributed by atoms with Crippen LogP contribution in [0, 0.1) is 0 Å². The molecule has 2 heterocycles. The predicted octanol–water partition coefficient (Wildman–Crippen LogP) is 3.98. The van der Waals surface area contributed by atoms with E-state index in [2.05, 4.69) is 10.1 Å². The molecular weight excluding hydrogens is 310 g/mol. The molecule has 0 atom stereocenters. The summed E-state index contributed by atoms with van der Waals surface area (Å²) in [4.78, 5) is 3.90. The summed E-state index contributed by atoms with van der Waals surface area (Å²) >= 11 is 6.13. The summed E-state index contributed by atoms with van der Waals surface area (Å²) in [5.74, 6) is -2.72. The standard InChI is InChI=1S/C15H13ClF2N4/c1-15(17,18)14-10-5-8(3-4-12(10)22(2)21-14)9-6-13(19)20-7-11(9)16/h3-7H,1-2H3,(H2,19,20). The van der Waals surface area contributed by atoms with E-state index in [0.717, 1.165) is 6.92 Å². The van der Waals surface area contributed by atoms with E-state index in [1.54, 1.807) is 31.3 Å². The van der Waals surface area contributed by atoms with Gasteiger partial charge < -0.3 is 5.73 Å². The van der Waals surface area contributed by atoms with Crippen molar-refractivity contribution in [2.45, 2.75) is 12.8 Å². The monoisotopic (exact) mass is 322 g/mol. The van der Waals surface area contributed by atoms with Gasteiger partial charge in [0.15, 0.2) is 0 Å². The van der Waals surface area contributed by atoms with Crippen molar-refractivity contribution in [3.05, 3.63) is 41.2 Å². The highest BCUT2D eigenvalue weighted by Gasteiger charge is 2.31. The van der Waals surface area contributed by atoms with E-state index in [1.165, 1.54) is 10.9 Å². The SMILES string of the molecule is Cn1nc(C(C)(F)F)c2cc(-c3cc(N)ncc3Cl)ccc21. The Labute approximate surface area is 130 Å². The van der Waals surface area contributed by atoms with Crippen molar-refractivity contribution in [2.75, 3.05) is 5.73 Å². The second kappa shape index (κ2) is 4.91. The molecule has 3 aromatic rings. The molecule has 0 saturated heterocycles. The van der Waals surface area contributed by atoms with Crippen molar-refractivity contribution in [3.63, 3.8) is 0 Å². The number of pyridine rings is 1. The number of aryl methyl sites for hydroxylation is 1. The number of aromatic nitrogens is 3. The highest BCUT2D eigenvalue weighted by atomic mass is 35.5. The molecule has 0 spiro atoms. The Morgan fingerprint density at radius 3 is 2.68 bits per heavy atom. The van der Waals surface area contributed by atoms with Crippen molar-refractivity contribution in [2.24, 2.45) is 7.05 Å². The van der Waals surface area contributed by atoms with E-state index in [1.807, 2.05) is 0 Å². The van der Waals surface area contributed by atoms with Crippen LogP contribution in [0.4, 0.5) is 14.6 Å². The van der Waals surface area contributed by atoms with Crippen LogP contribution in [-0.2, 0) is 13.0 Å². The second-order valence-corrected chi connectivity index (χ2v) is 5.59. The van der Waals surface area contributed by atoms with E-state index in [0.29, 0.717) is 32.9 Å². The molecule has 7 heteroatoms. The molecule has 3 rings (SSSR count). The van der Waals surface area contributed by atoms with Crippen LogP contribution in [0.25, 0.3) is 22.0 Å². The minimum atomic E-state index is -3.03. The van der Waals surface area contributed by atoms with Gasteiger partial charge in [-0.15, -0.1) is 0 Å². The van der Waals surface area contributed by atoms with Gasteiger partial charge in [-0.05, 0) is 23.8 Å². The summed E-state index contributed by atoms with van der Waals surface area (Å²) in [7, 11) is 1.63. The Morgan fingerprint density at radius 1 is 1.27 bits per heavy atom. The minimum absolute atomic E-state index is 0.259. The Morgan fingerprint density at radius 2 is 2.00 bits per heavy atom. The van der Waals surface area contributed by atoms with Crippen LogP contribution in [0.3, 0.4) is 0 Å². The number of hydrogen-bond donors (Lipinski definition) is 1. The number of hydrogen-bond acceptors (Lipinski definition) is 3. The third-order valence-corrected chi connectivity index (χ3v) is 3.75. The fourth-order valence-corrected chi connectivity index (χ4v) is 2.65. The van der Waals surface area contributed by atoms with E-state index < -0.39 is 5.92 Å². The average Bonchev–Trinajstić information content (AvgIpc) is 2.78. The predicted molar refractivity (Wildman–Crippen MR) is 82.9 cm³/mol. The molecule has 0 aliphatic carbocycles. The number of nitrogens with zero attached hydrogens (tertiary/aromatic N) is 3. The van der Waals surface area contributed by atoms with Gasteiger partial charge >= 0.3 is 0 Å². The Kier molecular flexibility index (Phi) is 3.29. The lowest BCUT2D eigenvalue weighted by Crippen LogP contribution is -2.08. The number of rotatable bonds is 2. The van der Waals surface area contributed by atoms with Gasteiger partial charge in [-0.25, -0.2) is 4.98 Å². The molecule has 2 aromatic heterocycles. The van der Waals surface area contributed by atoms with Gasteiger partial charge in [0.1, 0.15) is 11.5 Å². The zero-order valence-corrected chi connectivity index (χ0v) is 12.7. The Bertz CT molecular complexity index is 868. The van der Waals surface area contributed by atoms with Crippen molar-refractivity contribution in [1.29, 1.82) is 0 Å². The number of halogens is 3. The third kappa shape index (κ3) is 2.39. The van der Waals surface area contributed by atoms with Crippen LogP contribution in [-0.4, -0.2) is 14.8 Å². The first-order chi connectivity index (χ1) is 10.3. The molecule has 0 fully saturated rings.